The molecule has 28 heavy (non-hydrogen) atoms. The van der Waals surface area contributed by atoms with Gasteiger partial charge in [0.15, 0.2) is 0 Å². The summed E-state index contributed by atoms with van der Waals surface area (Å²) in [6.07, 6.45) is 0. The highest BCUT2D eigenvalue weighted by atomic mass is 16.5. The molecule has 1 aromatic heterocycles. The first-order chi connectivity index (χ1) is 13.5. The van der Waals surface area contributed by atoms with Crippen molar-refractivity contribution in [2.24, 2.45) is 0 Å². The van der Waals surface area contributed by atoms with Gasteiger partial charge in [-0.25, -0.2) is 0 Å². The minimum atomic E-state index is -0.495. The van der Waals surface area contributed by atoms with Crippen molar-refractivity contribution in [3.8, 4) is 17.0 Å². The Morgan fingerprint density at radius 2 is 1.61 bits per heavy atom. The van der Waals surface area contributed by atoms with E-state index >= 15 is 0 Å². The topological polar surface area (TPSA) is 99.4 Å². The van der Waals surface area contributed by atoms with Crippen LogP contribution in [0.5, 0.6) is 5.75 Å². The lowest BCUT2D eigenvalue weighted by atomic mass is 10.1. The number of methoxy groups -OCH3 is 1. The molecule has 0 saturated heterocycles. The molecule has 0 saturated carbocycles. The minimum Gasteiger partial charge on any atom is -0.497 e. The third kappa shape index (κ3) is 4.29. The molecule has 2 amide bonds. The molecule has 8 heteroatoms. The summed E-state index contributed by atoms with van der Waals surface area (Å²) in [4.78, 5) is 26.3. The average molecular weight is 379 g/mol. The first-order valence-corrected chi connectivity index (χ1v) is 8.56. The highest BCUT2D eigenvalue weighted by molar-refractivity contribution is 5.98. The summed E-state index contributed by atoms with van der Waals surface area (Å²) in [6.45, 7) is 0. The van der Waals surface area contributed by atoms with Crippen LogP contribution in [0.3, 0.4) is 0 Å². The Morgan fingerprint density at radius 3 is 2.21 bits per heavy atom. The van der Waals surface area contributed by atoms with Crippen molar-refractivity contribution in [3.05, 3.63) is 65.9 Å². The molecule has 2 aromatic carbocycles. The van der Waals surface area contributed by atoms with Gasteiger partial charge in [-0.3, -0.25) is 25.5 Å². The van der Waals surface area contributed by atoms with E-state index in [1.165, 1.54) is 0 Å². The molecule has 144 valence electrons. The molecule has 0 spiro atoms. The van der Waals surface area contributed by atoms with Crippen LogP contribution in [0.25, 0.3) is 11.3 Å². The molecule has 0 aliphatic heterocycles. The van der Waals surface area contributed by atoms with Crippen LogP contribution >= 0.6 is 0 Å². The summed E-state index contributed by atoms with van der Waals surface area (Å²) in [6, 6.07) is 15.9. The summed E-state index contributed by atoms with van der Waals surface area (Å²) in [5, 5.41) is 6.80. The second-order valence-electron chi connectivity index (χ2n) is 6.24. The van der Waals surface area contributed by atoms with Crippen molar-refractivity contribution in [2.45, 2.75) is 0 Å². The van der Waals surface area contributed by atoms with Crippen LogP contribution in [0.2, 0.25) is 0 Å². The molecular formula is C20H21N5O3. The number of anilines is 1. The number of aromatic amines is 1. The fraction of sp³-hybridized carbons (Fsp3) is 0.150. The van der Waals surface area contributed by atoms with Crippen molar-refractivity contribution < 1.29 is 14.3 Å². The van der Waals surface area contributed by atoms with Gasteiger partial charge in [-0.05, 0) is 54.6 Å². The number of hydrazine groups is 1. The summed E-state index contributed by atoms with van der Waals surface area (Å²) in [5.41, 5.74) is 7.86. The lowest BCUT2D eigenvalue weighted by Crippen LogP contribution is -2.41. The number of hydrogen-bond donors (Lipinski definition) is 3. The summed E-state index contributed by atoms with van der Waals surface area (Å²) >= 11 is 0. The SMILES string of the molecule is COc1ccc(-c2cc(C(=O)NNC(=O)c3ccc(N(C)C)cc3)[nH]n2)cc1. The fourth-order valence-electron chi connectivity index (χ4n) is 2.51. The fourth-order valence-corrected chi connectivity index (χ4v) is 2.51. The predicted molar refractivity (Wildman–Crippen MR) is 106 cm³/mol. The Hall–Kier alpha value is -3.81. The van der Waals surface area contributed by atoms with E-state index in [2.05, 4.69) is 21.0 Å². The van der Waals surface area contributed by atoms with Gasteiger partial charge in [-0.2, -0.15) is 5.10 Å². The van der Waals surface area contributed by atoms with Gasteiger partial charge >= 0.3 is 0 Å². The minimum absolute atomic E-state index is 0.231. The third-order valence-corrected chi connectivity index (χ3v) is 4.14. The van der Waals surface area contributed by atoms with Crippen LogP contribution in [0.4, 0.5) is 5.69 Å². The molecule has 3 rings (SSSR count). The van der Waals surface area contributed by atoms with E-state index < -0.39 is 11.8 Å². The maximum Gasteiger partial charge on any atom is 0.287 e. The van der Waals surface area contributed by atoms with Crippen LogP contribution < -0.4 is 20.5 Å². The Morgan fingerprint density at radius 1 is 0.964 bits per heavy atom. The van der Waals surface area contributed by atoms with Crippen molar-refractivity contribution in [1.82, 2.24) is 21.0 Å². The van der Waals surface area contributed by atoms with Crippen molar-refractivity contribution in [2.75, 3.05) is 26.1 Å². The second-order valence-corrected chi connectivity index (χ2v) is 6.24. The molecule has 0 aliphatic carbocycles. The molecule has 8 nitrogen and oxygen atoms in total. The summed E-state index contributed by atoms with van der Waals surface area (Å²) in [7, 11) is 5.43. The Balaban J connectivity index is 1.60. The quantitative estimate of drug-likeness (QED) is 0.591. The molecule has 0 aliphatic rings. The van der Waals surface area contributed by atoms with Gasteiger partial charge in [-0.15, -0.1) is 0 Å². The highest BCUT2D eigenvalue weighted by Crippen LogP contribution is 2.21. The van der Waals surface area contributed by atoms with Gasteiger partial charge in [0.1, 0.15) is 11.4 Å². The molecule has 1 heterocycles. The van der Waals surface area contributed by atoms with Crippen LogP contribution in [-0.4, -0.2) is 43.2 Å². The first-order valence-electron chi connectivity index (χ1n) is 8.56. The zero-order valence-electron chi connectivity index (χ0n) is 15.8. The standard InChI is InChI=1S/C20H21N5O3/c1-25(2)15-8-4-14(5-9-15)19(26)23-24-20(27)18-12-17(21-22-18)13-6-10-16(28-3)11-7-13/h4-12H,1-3H3,(H,21,22)(H,23,26)(H,24,27). The van der Waals surface area contributed by atoms with Crippen LogP contribution in [0, 0.1) is 0 Å². The number of nitrogens with one attached hydrogen (secondary N) is 3. The smallest absolute Gasteiger partial charge is 0.287 e. The van der Waals surface area contributed by atoms with Gasteiger partial charge < -0.3 is 9.64 Å². The Labute approximate surface area is 162 Å². The number of carbonyl (C=O) groups is 2. The summed E-state index contributed by atoms with van der Waals surface area (Å²) < 4.78 is 5.12. The number of aromatic nitrogens is 2. The van der Waals surface area contributed by atoms with Crippen molar-refractivity contribution in [1.29, 1.82) is 0 Å². The van der Waals surface area contributed by atoms with E-state index in [4.69, 9.17) is 4.74 Å². The largest absolute Gasteiger partial charge is 0.497 e. The molecule has 0 atom stereocenters. The number of carbonyl (C=O) groups excluding carboxylic acids is 2. The van der Waals surface area contributed by atoms with E-state index in [-0.39, 0.29) is 5.69 Å². The molecule has 0 fully saturated rings. The molecule has 3 aromatic rings. The van der Waals surface area contributed by atoms with E-state index in [9.17, 15) is 9.59 Å². The van der Waals surface area contributed by atoms with Gasteiger partial charge in [-0.1, -0.05) is 0 Å². The van der Waals surface area contributed by atoms with Gasteiger partial charge in [0, 0.05) is 30.9 Å². The van der Waals surface area contributed by atoms with Crippen LogP contribution in [0.1, 0.15) is 20.8 Å². The van der Waals surface area contributed by atoms with E-state index in [0.29, 0.717) is 11.3 Å². The Bertz CT molecular complexity index is 962. The van der Waals surface area contributed by atoms with Crippen molar-refractivity contribution in [3.63, 3.8) is 0 Å². The number of rotatable bonds is 5. The summed E-state index contributed by atoms with van der Waals surface area (Å²) in [5.74, 6) is -0.169. The lowest BCUT2D eigenvalue weighted by molar-refractivity contribution is 0.0844. The Kier molecular flexibility index (Phi) is 5.59. The molecule has 0 bridgehead atoms. The van der Waals surface area contributed by atoms with Gasteiger partial charge in [0.25, 0.3) is 11.8 Å². The zero-order chi connectivity index (χ0) is 20.1. The van der Waals surface area contributed by atoms with E-state index in [0.717, 1.165) is 17.0 Å². The predicted octanol–water partition coefficient (Wildman–Crippen LogP) is 2.23. The monoisotopic (exact) mass is 379 g/mol. The molecule has 0 radical (unpaired) electrons. The first kappa shape index (κ1) is 19.0. The average Bonchev–Trinajstić information content (AvgIpc) is 3.22. The lowest BCUT2D eigenvalue weighted by Gasteiger charge is -2.12. The van der Waals surface area contributed by atoms with Crippen LogP contribution in [-0.2, 0) is 0 Å². The molecule has 3 N–H and O–H groups in total. The number of benzene rings is 2. The maximum absolute atomic E-state index is 12.2. The second kappa shape index (κ2) is 8.26. The highest BCUT2D eigenvalue weighted by Gasteiger charge is 2.13. The van der Waals surface area contributed by atoms with E-state index in [1.54, 1.807) is 25.3 Å². The van der Waals surface area contributed by atoms with E-state index in [1.807, 2.05) is 55.4 Å². The van der Waals surface area contributed by atoms with Crippen LogP contribution in [0.15, 0.2) is 54.6 Å². The van der Waals surface area contributed by atoms with Crippen molar-refractivity contribution >= 4 is 17.5 Å². The normalized spacial score (nSPS) is 10.2. The maximum atomic E-state index is 12.2. The number of hydrogen-bond acceptors (Lipinski definition) is 5. The number of ether oxygens (including phenoxy) is 1. The zero-order valence-corrected chi connectivity index (χ0v) is 15.8. The molecule has 0 unspecified atom stereocenters. The molecular weight excluding hydrogens is 358 g/mol. The number of amides is 2. The number of H-pyrrole nitrogens is 1. The van der Waals surface area contributed by atoms with Gasteiger partial charge in [0.2, 0.25) is 0 Å². The number of nitrogens with zero attached hydrogens (tertiary/aromatic N) is 2. The van der Waals surface area contributed by atoms with Gasteiger partial charge in [0.05, 0.1) is 12.8 Å². The third-order valence-electron chi connectivity index (χ3n) is 4.14.